The summed E-state index contributed by atoms with van der Waals surface area (Å²) in [4.78, 5) is 10.7. The molecule has 70 valence electrons. The second-order valence-electron chi connectivity index (χ2n) is 2.91. The summed E-state index contributed by atoms with van der Waals surface area (Å²) >= 11 is 5.95. The standard InChI is InChI=1S/C8H13ClO3/c1-11-8(10)12-7-5-3-2-4-6(7)9/h6-7H,2-5H2,1H3. The van der Waals surface area contributed by atoms with Crippen molar-refractivity contribution in [2.75, 3.05) is 7.11 Å². The van der Waals surface area contributed by atoms with Crippen LogP contribution in [-0.2, 0) is 9.47 Å². The fraction of sp³-hybridized carbons (Fsp3) is 0.875. The highest BCUT2D eigenvalue weighted by atomic mass is 35.5. The van der Waals surface area contributed by atoms with Crippen molar-refractivity contribution in [2.24, 2.45) is 0 Å². The summed E-state index contributed by atoms with van der Waals surface area (Å²) in [6, 6.07) is 0. The quantitative estimate of drug-likeness (QED) is 0.473. The first-order valence-corrected chi connectivity index (χ1v) is 4.56. The van der Waals surface area contributed by atoms with E-state index in [1.807, 2.05) is 0 Å². The SMILES string of the molecule is COC(=O)OC1CCCCC1Cl. The third-order valence-corrected chi connectivity index (χ3v) is 2.54. The maximum Gasteiger partial charge on any atom is 0.508 e. The van der Waals surface area contributed by atoms with Gasteiger partial charge in [0.15, 0.2) is 0 Å². The molecular weight excluding hydrogens is 180 g/mol. The van der Waals surface area contributed by atoms with E-state index in [2.05, 4.69) is 4.74 Å². The van der Waals surface area contributed by atoms with E-state index >= 15 is 0 Å². The zero-order chi connectivity index (χ0) is 8.97. The molecule has 1 aliphatic rings. The summed E-state index contributed by atoms with van der Waals surface area (Å²) < 4.78 is 9.34. The molecule has 2 unspecified atom stereocenters. The number of alkyl halides is 1. The fourth-order valence-electron chi connectivity index (χ4n) is 1.36. The van der Waals surface area contributed by atoms with E-state index in [0.717, 1.165) is 25.7 Å². The molecule has 0 aromatic heterocycles. The van der Waals surface area contributed by atoms with Crippen LogP contribution >= 0.6 is 11.6 Å². The Labute approximate surface area is 77.0 Å². The van der Waals surface area contributed by atoms with Gasteiger partial charge in [-0.25, -0.2) is 4.79 Å². The van der Waals surface area contributed by atoms with E-state index in [0.29, 0.717) is 0 Å². The summed E-state index contributed by atoms with van der Waals surface area (Å²) in [6.45, 7) is 0. The van der Waals surface area contributed by atoms with Crippen LogP contribution in [0.4, 0.5) is 4.79 Å². The molecule has 1 fully saturated rings. The molecule has 0 bridgehead atoms. The van der Waals surface area contributed by atoms with Gasteiger partial charge in [0, 0.05) is 0 Å². The van der Waals surface area contributed by atoms with Crippen molar-refractivity contribution in [3.05, 3.63) is 0 Å². The van der Waals surface area contributed by atoms with Gasteiger partial charge in [-0.15, -0.1) is 11.6 Å². The Morgan fingerprint density at radius 3 is 2.67 bits per heavy atom. The van der Waals surface area contributed by atoms with Gasteiger partial charge in [-0.05, 0) is 19.3 Å². The van der Waals surface area contributed by atoms with E-state index in [4.69, 9.17) is 16.3 Å². The second kappa shape index (κ2) is 4.55. The van der Waals surface area contributed by atoms with Gasteiger partial charge in [0.2, 0.25) is 0 Å². The van der Waals surface area contributed by atoms with Crippen LogP contribution in [0.15, 0.2) is 0 Å². The molecule has 1 saturated carbocycles. The van der Waals surface area contributed by atoms with E-state index < -0.39 is 6.16 Å². The number of ether oxygens (including phenoxy) is 2. The van der Waals surface area contributed by atoms with E-state index in [-0.39, 0.29) is 11.5 Å². The molecule has 1 rings (SSSR count). The summed E-state index contributed by atoms with van der Waals surface area (Å²) in [5, 5.41) is -0.0437. The molecule has 0 spiro atoms. The van der Waals surface area contributed by atoms with Crippen molar-refractivity contribution < 1.29 is 14.3 Å². The Bertz CT molecular complexity index is 160. The highest BCUT2D eigenvalue weighted by molar-refractivity contribution is 6.21. The van der Waals surface area contributed by atoms with Gasteiger partial charge >= 0.3 is 6.16 Å². The summed E-state index contributed by atoms with van der Waals surface area (Å²) in [6.07, 6.45) is 3.17. The minimum Gasteiger partial charge on any atom is -0.438 e. The molecule has 0 aliphatic heterocycles. The lowest BCUT2D eigenvalue weighted by Gasteiger charge is -2.25. The first-order chi connectivity index (χ1) is 5.74. The number of carbonyl (C=O) groups is 1. The van der Waals surface area contributed by atoms with Crippen LogP contribution < -0.4 is 0 Å². The molecule has 12 heavy (non-hydrogen) atoms. The zero-order valence-corrected chi connectivity index (χ0v) is 7.84. The van der Waals surface area contributed by atoms with Crippen molar-refractivity contribution in [3.8, 4) is 0 Å². The van der Waals surface area contributed by atoms with Crippen LogP contribution in [0.25, 0.3) is 0 Å². The van der Waals surface area contributed by atoms with Crippen LogP contribution in [0, 0.1) is 0 Å². The topological polar surface area (TPSA) is 35.5 Å². The molecule has 0 amide bonds. The number of carbonyl (C=O) groups excluding carboxylic acids is 1. The maximum absolute atomic E-state index is 10.7. The molecule has 0 aromatic rings. The van der Waals surface area contributed by atoms with Crippen LogP contribution in [0.1, 0.15) is 25.7 Å². The van der Waals surface area contributed by atoms with E-state index in [1.54, 1.807) is 0 Å². The number of halogens is 1. The summed E-state index contributed by atoms with van der Waals surface area (Å²) in [7, 11) is 1.30. The molecule has 0 aromatic carbocycles. The predicted octanol–water partition coefficient (Wildman–Crippen LogP) is 2.32. The normalized spacial score (nSPS) is 29.5. The molecule has 4 heteroatoms. The largest absolute Gasteiger partial charge is 0.508 e. The smallest absolute Gasteiger partial charge is 0.438 e. The Morgan fingerprint density at radius 2 is 2.08 bits per heavy atom. The fourth-order valence-corrected chi connectivity index (χ4v) is 1.69. The lowest BCUT2D eigenvalue weighted by Crippen LogP contribution is -2.30. The van der Waals surface area contributed by atoms with Crippen molar-refractivity contribution in [1.29, 1.82) is 0 Å². The van der Waals surface area contributed by atoms with Gasteiger partial charge in [-0.1, -0.05) is 6.42 Å². The van der Waals surface area contributed by atoms with E-state index in [1.165, 1.54) is 7.11 Å². The minimum atomic E-state index is -0.632. The molecule has 0 N–H and O–H groups in total. The first-order valence-electron chi connectivity index (χ1n) is 4.12. The molecule has 0 heterocycles. The molecule has 2 atom stereocenters. The number of methoxy groups -OCH3 is 1. The van der Waals surface area contributed by atoms with Gasteiger partial charge in [0.1, 0.15) is 6.10 Å². The van der Waals surface area contributed by atoms with Gasteiger partial charge in [0.05, 0.1) is 12.5 Å². The maximum atomic E-state index is 10.7. The van der Waals surface area contributed by atoms with Crippen molar-refractivity contribution in [2.45, 2.75) is 37.2 Å². The Hall–Kier alpha value is -0.440. The lowest BCUT2D eigenvalue weighted by atomic mass is 9.97. The van der Waals surface area contributed by atoms with Gasteiger partial charge in [-0.2, -0.15) is 0 Å². The third kappa shape index (κ3) is 2.55. The lowest BCUT2D eigenvalue weighted by molar-refractivity contribution is 0.0248. The first kappa shape index (κ1) is 9.65. The average Bonchev–Trinajstić information content (AvgIpc) is 2.09. The minimum absolute atomic E-state index is 0.0437. The van der Waals surface area contributed by atoms with Crippen LogP contribution in [-0.4, -0.2) is 24.7 Å². The van der Waals surface area contributed by atoms with Gasteiger partial charge in [-0.3, -0.25) is 0 Å². The monoisotopic (exact) mass is 192 g/mol. The highest BCUT2D eigenvalue weighted by Crippen LogP contribution is 2.25. The molecule has 1 aliphatic carbocycles. The summed E-state index contributed by atoms with van der Waals surface area (Å²) in [5.74, 6) is 0. The predicted molar refractivity (Wildman–Crippen MR) is 45.4 cm³/mol. The number of hydrogen-bond acceptors (Lipinski definition) is 3. The van der Waals surface area contributed by atoms with Gasteiger partial charge in [0.25, 0.3) is 0 Å². The molecule has 3 nitrogen and oxygen atoms in total. The Balaban J connectivity index is 2.33. The van der Waals surface area contributed by atoms with E-state index in [9.17, 15) is 4.79 Å². The van der Waals surface area contributed by atoms with Gasteiger partial charge < -0.3 is 9.47 Å². The Kier molecular flexibility index (Phi) is 3.66. The van der Waals surface area contributed by atoms with Crippen molar-refractivity contribution >= 4 is 17.8 Å². The number of hydrogen-bond donors (Lipinski definition) is 0. The van der Waals surface area contributed by atoms with Crippen LogP contribution in [0.2, 0.25) is 0 Å². The zero-order valence-electron chi connectivity index (χ0n) is 7.09. The van der Waals surface area contributed by atoms with Crippen LogP contribution in [0.3, 0.4) is 0 Å². The second-order valence-corrected chi connectivity index (χ2v) is 3.47. The Morgan fingerprint density at radius 1 is 1.42 bits per heavy atom. The molecular formula is C8H13ClO3. The van der Waals surface area contributed by atoms with Crippen LogP contribution in [0.5, 0.6) is 0 Å². The van der Waals surface area contributed by atoms with Crippen molar-refractivity contribution in [3.63, 3.8) is 0 Å². The number of rotatable bonds is 1. The third-order valence-electron chi connectivity index (χ3n) is 2.04. The molecule has 0 radical (unpaired) electrons. The summed E-state index contributed by atoms with van der Waals surface area (Å²) in [5.41, 5.74) is 0. The molecule has 0 saturated heterocycles. The van der Waals surface area contributed by atoms with Crippen molar-refractivity contribution in [1.82, 2.24) is 0 Å². The highest BCUT2D eigenvalue weighted by Gasteiger charge is 2.26. The average molecular weight is 193 g/mol.